The van der Waals surface area contributed by atoms with Gasteiger partial charge in [-0.25, -0.2) is 0 Å². The predicted molar refractivity (Wildman–Crippen MR) is 107 cm³/mol. The lowest BCUT2D eigenvalue weighted by Gasteiger charge is -2.57. The number of fused-ring (bicyclic) bond motifs is 3. The molecular formula is C24H30O6. The number of Topliss-reactive ketones (excluding diaryl/α,β-unsaturated/α-hetero) is 1. The highest BCUT2D eigenvalue weighted by molar-refractivity contribution is 6.01. The van der Waals surface area contributed by atoms with Gasteiger partial charge >= 0.3 is 5.97 Å². The van der Waals surface area contributed by atoms with E-state index in [4.69, 9.17) is 9.47 Å². The minimum absolute atomic E-state index is 0.0355. The fourth-order valence-electron chi connectivity index (χ4n) is 7.79. The normalized spacial score (nSPS) is 50.6. The zero-order valence-corrected chi connectivity index (χ0v) is 18.1. The van der Waals surface area contributed by atoms with Gasteiger partial charge in [0.1, 0.15) is 11.2 Å². The molecule has 1 heterocycles. The quantitative estimate of drug-likeness (QED) is 0.564. The Kier molecular flexibility index (Phi) is 3.97. The summed E-state index contributed by atoms with van der Waals surface area (Å²) in [6.45, 7) is 7.24. The van der Waals surface area contributed by atoms with Crippen molar-refractivity contribution in [3.63, 3.8) is 0 Å². The Labute approximate surface area is 176 Å². The second-order valence-corrected chi connectivity index (χ2v) is 10.5. The van der Waals surface area contributed by atoms with Gasteiger partial charge in [-0.05, 0) is 62.5 Å². The number of ether oxygens (including phenoxy) is 2. The molecular weight excluding hydrogens is 384 g/mol. The third kappa shape index (κ3) is 2.19. The minimum Gasteiger partial charge on any atom is -0.458 e. The van der Waals surface area contributed by atoms with Gasteiger partial charge in [0.15, 0.2) is 12.4 Å². The zero-order valence-electron chi connectivity index (χ0n) is 18.1. The molecule has 0 amide bonds. The van der Waals surface area contributed by atoms with Crippen molar-refractivity contribution in [1.29, 1.82) is 0 Å². The maximum atomic E-state index is 13.0. The van der Waals surface area contributed by atoms with Crippen LogP contribution in [0.4, 0.5) is 0 Å². The summed E-state index contributed by atoms with van der Waals surface area (Å²) in [5, 5.41) is 11.6. The van der Waals surface area contributed by atoms with E-state index in [2.05, 4.69) is 13.8 Å². The zero-order chi connectivity index (χ0) is 21.7. The Balaban J connectivity index is 1.52. The van der Waals surface area contributed by atoms with Crippen LogP contribution in [0.25, 0.3) is 0 Å². The number of epoxide rings is 1. The number of hydrogen-bond acceptors (Lipinski definition) is 6. The molecule has 0 aromatic carbocycles. The molecule has 1 spiro atoms. The second-order valence-electron chi connectivity index (χ2n) is 10.5. The van der Waals surface area contributed by atoms with Crippen LogP contribution in [0.15, 0.2) is 23.8 Å². The average molecular weight is 414 g/mol. The lowest BCUT2D eigenvalue weighted by molar-refractivity contribution is -0.166. The largest absolute Gasteiger partial charge is 0.458 e. The summed E-state index contributed by atoms with van der Waals surface area (Å²) in [7, 11) is 0. The molecule has 8 atom stereocenters. The summed E-state index contributed by atoms with van der Waals surface area (Å²) in [5.41, 5.74) is -1.68. The number of ketones is 2. The van der Waals surface area contributed by atoms with Gasteiger partial charge in [-0.2, -0.15) is 0 Å². The maximum Gasteiger partial charge on any atom is 0.303 e. The molecule has 0 unspecified atom stereocenters. The van der Waals surface area contributed by atoms with E-state index in [1.165, 1.54) is 6.92 Å². The molecule has 162 valence electrons. The summed E-state index contributed by atoms with van der Waals surface area (Å²) in [4.78, 5) is 36.2. The first-order valence-electron chi connectivity index (χ1n) is 11.0. The van der Waals surface area contributed by atoms with E-state index in [1.54, 1.807) is 12.2 Å². The first-order chi connectivity index (χ1) is 14.0. The van der Waals surface area contributed by atoms with Gasteiger partial charge in [0, 0.05) is 17.8 Å². The Morgan fingerprint density at radius 2 is 2.03 bits per heavy atom. The smallest absolute Gasteiger partial charge is 0.303 e. The fourth-order valence-corrected chi connectivity index (χ4v) is 7.79. The molecule has 0 bridgehead atoms. The second kappa shape index (κ2) is 5.92. The van der Waals surface area contributed by atoms with Crippen LogP contribution >= 0.6 is 0 Å². The van der Waals surface area contributed by atoms with Crippen LogP contribution < -0.4 is 0 Å². The molecule has 1 N–H and O–H groups in total. The maximum absolute atomic E-state index is 13.0. The average Bonchev–Trinajstić information content (AvgIpc) is 3.34. The van der Waals surface area contributed by atoms with Crippen molar-refractivity contribution < 1.29 is 29.0 Å². The van der Waals surface area contributed by atoms with Crippen molar-refractivity contribution in [2.24, 2.45) is 28.6 Å². The van der Waals surface area contributed by atoms with E-state index in [9.17, 15) is 19.5 Å². The number of hydrogen-bond donors (Lipinski definition) is 1. The van der Waals surface area contributed by atoms with Crippen LogP contribution in [0.1, 0.15) is 53.4 Å². The number of aliphatic hydroxyl groups is 1. The van der Waals surface area contributed by atoms with E-state index < -0.39 is 22.8 Å². The highest BCUT2D eigenvalue weighted by Crippen LogP contribution is 2.76. The van der Waals surface area contributed by atoms with E-state index in [1.807, 2.05) is 13.0 Å². The predicted octanol–water partition coefficient (Wildman–Crippen LogP) is 2.53. The third-order valence-corrected chi connectivity index (χ3v) is 9.28. The first kappa shape index (κ1) is 20.1. The van der Waals surface area contributed by atoms with Crippen LogP contribution in [-0.4, -0.2) is 46.6 Å². The molecule has 6 heteroatoms. The summed E-state index contributed by atoms with van der Waals surface area (Å²) >= 11 is 0. The summed E-state index contributed by atoms with van der Waals surface area (Å²) in [6.07, 6.45) is 8.02. The molecule has 30 heavy (non-hydrogen) atoms. The molecule has 0 aromatic heterocycles. The molecule has 0 radical (unpaired) electrons. The van der Waals surface area contributed by atoms with Crippen molar-refractivity contribution >= 4 is 17.5 Å². The summed E-state index contributed by atoms with van der Waals surface area (Å²) in [6, 6.07) is 0. The van der Waals surface area contributed by atoms with Crippen molar-refractivity contribution in [3.05, 3.63) is 23.8 Å². The van der Waals surface area contributed by atoms with E-state index in [0.29, 0.717) is 12.8 Å². The summed E-state index contributed by atoms with van der Waals surface area (Å²) in [5.74, 6) is -0.326. The Morgan fingerprint density at radius 1 is 1.30 bits per heavy atom. The fraction of sp³-hybridized carbons (Fsp3) is 0.708. The van der Waals surface area contributed by atoms with Crippen LogP contribution in [0.5, 0.6) is 0 Å². The molecule has 1 saturated heterocycles. The first-order valence-corrected chi connectivity index (χ1v) is 11.0. The van der Waals surface area contributed by atoms with Crippen molar-refractivity contribution in [2.75, 3.05) is 6.61 Å². The molecule has 4 fully saturated rings. The molecule has 6 nitrogen and oxygen atoms in total. The van der Waals surface area contributed by atoms with Crippen LogP contribution in [0, 0.1) is 28.6 Å². The van der Waals surface area contributed by atoms with Gasteiger partial charge in [-0.1, -0.05) is 25.5 Å². The summed E-state index contributed by atoms with van der Waals surface area (Å²) < 4.78 is 11.4. The molecule has 5 aliphatic rings. The van der Waals surface area contributed by atoms with Crippen molar-refractivity contribution in [1.82, 2.24) is 0 Å². The van der Waals surface area contributed by atoms with Crippen LogP contribution in [-0.2, 0) is 23.9 Å². The van der Waals surface area contributed by atoms with Gasteiger partial charge in [-0.3, -0.25) is 14.4 Å². The monoisotopic (exact) mass is 414 g/mol. The standard InChI is InChI=1S/C24H30O6/c1-13-9-18-16-6-8-23(28,19(27)12-29-14(2)25)22(16,4)11-20-24(18,30-20)21(3)7-5-15(26)10-17(13)21/h5,7,10,13,16,18,20,28H,6,8-9,11-12H2,1-4H3/t13-,16+,18-,20+,21-,22-,23-,24-/m0/s1. The molecule has 0 aromatic rings. The van der Waals surface area contributed by atoms with Gasteiger partial charge in [0.05, 0.1) is 6.10 Å². The van der Waals surface area contributed by atoms with Crippen molar-refractivity contribution in [3.8, 4) is 0 Å². The molecule has 5 rings (SSSR count). The number of allylic oxidation sites excluding steroid dienone is 2. The van der Waals surface area contributed by atoms with E-state index in [0.717, 1.165) is 18.4 Å². The van der Waals surface area contributed by atoms with Gasteiger partial charge in [0.25, 0.3) is 0 Å². The topological polar surface area (TPSA) is 93.2 Å². The lowest BCUT2D eigenvalue weighted by Crippen LogP contribution is -2.62. The number of carbonyl (C=O) groups is 3. The van der Waals surface area contributed by atoms with E-state index >= 15 is 0 Å². The number of esters is 1. The van der Waals surface area contributed by atoms with Crippen LogP contribution in [0.2, 0.25) is 0 Å². The highest BCUT2D eigenvalue weighted by atomic mass is 16.6. The van der Waals surface area contributed by atoms with Gasteiger partial charge in [-0.15, -0.1) is 0 Å². The van der Waals surface area contributed by atoms with Crippen molar-refractivity contribution in [2.45, 2.75) is 70.7 Å². The lowest BCUT2D eigenvalue weighted by atomic mass is 9.45. The van der Waals surface area contributed by atoms with Gasteiger partial charge < -0.3 is 14.6 Å². The number of carbonyl (C=O) groups excluding carboxylic acids is 3. The Morgan fingerprint density at radius 3 is 2.73 bits per heavy atom. The molecule has 1 aliphatic heterocycles. The van der Waals surface area contributed by atoms with Crippen LogP contribution in [0.3, 0.4) is 0 Å². The highest BCUT2D eigenvalue weighted by Gasteiger charge is 2.81. The Hall–Kier alpha value is -1.79. The molecule has 3 saturated carbocycles. The van der Waals surface area contributed by atoms with E-state index in [-0.39, 0.29) is 47.3 Å². The third-order valence-electron chi connectivity index (χ3n) is 9.28. The Bertz CT molecular complexity index is 919. The molecule has 4 aliphatic carbocycles. The minimum atomic E-state index is -1.51. The van der Waals surface area contributed by atoms with Gasteiger partial charge in [0.2, 0.25) is 5.78 Å². The SMILES string of the molecule is CC(=O)OCC(=O)[C@@]1(O)CC[C@@H]2[C@@H]3C[C@H](C)C4=CC(=O)C=C[C@]4(C)[C@]34O[C@@H]4C[C@@]21C. The number of rotatable bonds is 3.